The first kappa shape index (κ1) is 7.05. The number of nitrogens with zero attached hydrogens (tertiary/aromatic N) is 2. The van der Waals surface area contributed by atoms with Gasteiger partial charge in [0, 0.05) is 7.05 Å². The van der Waals surface area contributed by atoms with Crippen LogP contribution >= 0.6 is 0 Å². The predicted octanol–water partition coefficient (Wildman–Crippen LogP) is -0.0706. The lowest BCUT2D eigenvalue weighted by molar-refractivity contribution is 0.668. The van der Waals surface area contributed by atoms with Gasteiger partial charge >= 0.3 is 0 Å². The van der Waals surface area contributed by atoms with Gasteiger partial charge in [-0.05, 0) is 13.8 Å². The van der Waals surface area contributed by atoms with Crippen molar-refractivity contribution in [2.24, 2.45) is 9.98 Å². The van der Waals surface area contributed by atoms with E-state index in [0.717, 1.165) is 11.8 Å². The maximum atomic E-state index is 4.19. The van der Waals surface area contributed by atoms with Gasteiger partial charge in [-0.15, -0.1) is 0 Å². The Balaban J connectivity index is 2.70. The molecule has 0 unspecified atom stereocenters. The van der Waals surface area contributed by atoms with E-state index in [1.807, 2.05) is 13.8 Å². The molecule has 0 aromatic heterocycles. The van der Waals surface area contributed by atoms with Crippen LogP contribution in [0, 0.1) is 0 Å². The van der Waals surface area contributed by atoms with Crippen LogP contribution in [0.25, 0.3) is 0 Å². The van der Waals surface area contributed by atoms with E-state index < -0.39 is 0 Å². The zero-order valence-electron chi connectivity index (χ0n) is 6.47. The van der Waals surface area contributed by atoms with Crippen LogP contribution in [-0.2, 0) is 0 Å². The number of rotatable bonds is 0. The molecule has 4 heteroatoms. The van der Waals surface area contributed by atoms with E-state index in [9.17, 15) is 0 Å². The highest BCUT2D eigenvalue weighted by atomic mass is 15.3. The first-order valence-corrected chi connectivity index (χ1v) is 3.27. The van der Waals surface area contributed by atoms with Crippen molar-refractivity contribution in [3.63, 3.8) is 0 Å². The van der Waals surface area contributed by atoms with E-state index in [-0.39, 0.29) is 6.17 Å². The van der Waals surface area contributed by atoms with Crippen LogP contribution in [-0.4, -0.2) is 25.0 Å². The van der Waals surface area contributed by atoms with E-state index in [2.05, 4.69) is 20.6 Å². The SMILES string of the molecule is CN=C1NC(C)=N[C@H](C)N1. The van der Waals surface area contributed by atoms with Crippen LogP contribution in [0.1, 0.15) is 13.8 Å². The van der Waals surface area contributed by atoms with Gasteiger partial charge in [0.25, 0.3) is 0 Å². The molecule has 0 spiro atoms. The van der Waals surface area contributed by atoms with Crippen molar-refractivity contribution < 1.29 is 0 Å². The van der Waals surface area contributed by atoms with Gasteiger partial charge in [0.15, 0.2) is 5.96 Å². The molecule has 1 aliphatic heterocycles. The summed E-state index contributed by atoms with van der Waals surface area (Å²) in [6.45, 7) is 3.90. The van der Waals surface area contributed by atoms with Crippen molar-refractivity contribution in [2.45, 2.75) is 20.0 Å². The molecule has 0 fully saturated rings. The van der Waals surface area contributed by atoms with E-state index >= 15 is 0 Å². The Hall–Kier alpha value is -1.06. The molecule has 2 N–H and O–H groups in total. The molecule has 56 valence electrons. The highest BCUT2D eigenvalue weighted by molar-refractivity contribution is 6.00. The monoisotopic (exact) mass is 140 g/mol. The Morgan fingerprint density at radius 1 is 1.60 bits per heavy atom. The van der Waals surface area contributed by atoms with Crippen molar-refractivity contribution in [3.8, 4) is 0 Å². The number of aliphatic imine (C=N–C) groups is 2. The molecule has 0 radical (unpaired) electrons. The largest absolute Gasteiger partial charge is 0.334 e. The minimum Gasteiger partial charge on any atom is -0.334 e. The fourth-order valence-electron chi connectivity index (χ4n) is 0.881. The van der Waals surface area contributed by atoms with Gasteiger partial charge in [0.05, 0.1) is 0 Å². The van der Waals surface area contributed by atoms with Gasteiger partial charge in [-0.1, -0.05) is 0 Å². The molecule has 0 aliphatic carbocycles. The molecular weight excluding hydrogens is 128 g/mol. The minimum absolute atomic E-state index is 0.139. The van der Waals surface area contributed by atoms with Crippen molar-refractivity contribution in [3.05, 3.63) is 0 Å². The van der Waals surface area contributed by atoms with Crippen LogP contribution in [0.5, 0.6) is 0 Å². The third-order valence-electron chi connectivity index (χ3n) is 1.26. The summed E-state index contributed by atoms with van der Waals surface area (Å²) in [4.78, 5) is 8.16. The molecule has 1 heterocycles. The topological polar surface area (TPSA) is 48.8 Å². The zero-order chi connectivity index (χ0) is 7.56. The van der Waals surface area contributed by atoms with Crippen molar-refractivity contribution in [2.75, 3.05) is 7.05 Å². The molecule has 0 bridgehead atoms. The van der Waals surface area contributed by atoms with Crippen molar-refractivity contribution in [1.29, 1.82) is 0 Å². The van der Waals surface area contributed by atoms with Gasteiger partial charge in [-0.2, -0.15) is 0 Å². The molecule has 0 amide bonds. The second-order valence-electron chi connectivity index (χ2n) is 2.23. The molecule has 0 aromatic rings. The number of hydrogen-bond acceptors (Lipinski definition) is 2. The average molecular weight is 140 g/mol. The summed E-state index contributed by atoms with van der Waals surface area (Å²) >= 11 is 0. The summed E-state index contributed by atoms with van der Waals surface area (Å²) in [5.41, 5.74) is 0. The highest BCUT2D eigenvalue weighted by Gasteiger charge is 2.09. The quantitative estimate of drug-likeness (QED) is 0.495. The number of hydrogen-bond donors (Lipinski definition) is 2. The standard InChI is InChI=1S/C6H12N4/c1-4-8-5(2)10-6(7-3)9-4/h4H,1-3H3,(H2,7,8,9,10)/t4-/m0/s1. The van der Waals surface area contributed by atoms with E-state index in [0.29, 0.717) is 0 Å². The Kier molecular flexibility index (Phi) is 1.89. The highest BCUT2D eigenvalue weighted by Crippen LogP contribution is 1.90. The van der Waals surface area contributed by atoms with Gasteiger partial charge in [0.2, 0.25) is 0 Å². The molecule has 0 aromatic carbocycles. The average Bonchev–Trinajstić information content (AvgIpc) is 1.85. The predicted molar refractivity (Wildman–Crippen MR) is 42.2 cm³/mol. The lowest BCUT2D eigenvalue weighted by Gasteiger charge is -2.20. The Morgan fingerprint density at radius 3 is 2.80 bits per heavy atom. The maximum absolute atomic E-state index is 4.19. The van der Waals surface area contributed by atoms with Crippen LogP contribution in [0.3, 0.4) is 0 Å². The second kappa shape index (κ2) is 2.68. The third-order valence-corrected chi connectivity index (χ3v) is 1.26. The number of amidine groups is 1. The summed E-state index contributed by atoms with van der Waals surface area (Å²) in [5, 5.41) is 6.03. The fraction of sp³-hybridized carbons (Fsp3) is 0.667. The van der Waals surface area contributed by atoms with Crippen molar-refractivity contribution in [1.82, 2.24) is 10.6 Å². The summed E-state index contributed by atoms with van der Waals surface area (Å²) in [7, 11) is 1.74. The van der Waals surface area contributed by atoms with Gasteiger partial charge < -0.3 is 10.6 Å². The molecule has 0 saturated carbocycles. The molecule has 1 atom stereocenters. The molecule has 10 heavy (non-hydrogen) atoms. The van der Waals surface area contributed by atoms with E-state index in [4.69, 9.17) is 0 Å². The minimum atomic E-state index is 0.139. The summed E-state index contributed by atoms with van der Waals surface area (Å²) in [6.07, 6.45) is 0.139. The Bertz CT molecular complexity index is 182. The maximum Gasteiger partial charge on any atom is 0.198 e. The van der Waals surface area contributed by atoms with Crippen LogP contribution in [0.15, 0.2) is 9.98 Å². The fourth-order valence-corrected chi connectivity index (χ4v) is 0.881. The summed E-state index contributed by atoms with van der Waals surface area (Å²) in [6, 6.07) is 0. The van der Waals surface area contributed by atoms with Gasteiger partial charge in [-0.25, -0.2) is 4.99 Å². The Labute approximate surface area is 60.4 Å². The van der Waals surface area contributed by atoms with E-state index in [1.165, 1.54) is 0 Å². The Morgan fingerprint density at radius 2 is 2.30 bits per heavy atom. The summed E-state index contributed by atoms with van der Waals surface area (Å²) in [5.74, 6) is 1.70. The number of guanidine groups is 1. The molecule has 4 nitrogen and oxygen atoms in total. The van der Waals surface area contributed by atoms with Crippen LogP contribution in [0.2, 0.25) is 0 Å². The first-order chi connectivity index (χ1) is 4.72. The molecule has 0 saturated heterocycles. The molecule has 1 rings (SSSR count). The first-order valence-electron chi connectivity index (χ1n) is 3.27. The van der Waals surface area contributed by atoms with Crippen LogP contribution < -0.4 is 10.6 Å². The molecular formula is C6H12N4. The normalized spacial score (nSPS) is 28.9. The smallest absolute Gasteiger partial charge is 0.198 e. The second-order valence-corrected chi connectivity index (χ2v) is 2.23. The van der Waals surface area contributed by atoms with Crippen molar-refractivity contribution >= 4 is 11.8 Å². The lowest BCUT2D eigenvalue weighted by Crippen LogP contribution is -2.48. The number of nitrogens with one attached hydrogen (secondary N) is 2. The lowest BCUT2D eigenvalue weighted by atomic mass is 10.5. The zero-order valence-corrected chi connectivity index (χ0v) is 6.47. The summed E-state index contributed by atoms with van der Waals surface area (Å²) < 4.78 is 0. The molecule has 1 aliphatic rings. The van der Waals surface area contributed by atoms with Gasteiger partial charge in [-0.3, -0.25) is 4.99 Å². The van der Waals surface area contributed by atoms with Gasteiger partial charge in [0.1, 0.15) is 12.0 Å². The van der Waals surface area contributed by atoms with E-state index in [1.54, 1.807) is 7.05 Å². The van der Waals surface area contributed by atoms with Crippen LogP contribution in [0.4, 0.5) is 0 Å². The third kappa shape index (κ3) is 1.46.